The van der Waals surface area contributed by atoms with Crippen molar-refractivity contribution in [2.75, 3.05) is 6.54 Å². The Morgan fingerprint density at radius 3 is 2.46 bits per heavy atom. The molecular weight excluding hydrogens is 425 g/mol. The highest BCUT2D eigenvalue weighted by molar-refractivity contribution is 6.33. The molecule has 0 aliphatic carbocycles. The molecule has 2 aromatic carbocycles. The molecule has 0 bridgehead atoms. The van der Waals surface area contributed by atoms with Gasteiger partial charge in [-0.1, -0.05) is 41.9 Å². The van der Waals surface area contributed by atoms with E-state index in [-0.39, 0.29) is 30.4 Å². The van der Waals surface area contributed by atoms with Crippen molar-refractivity contribution in [3.8, 4) is 11.3 Å². The van der Waals surface area contributed by atoms with Crippen LogP contribution in [0.25, 0.3) is 11.3 Å². The van der Waals surface area contributed by atoms with Gasteiger partial charge in [0, 0.05) is 12.1 Å². The van der Waals surface area contributed by atoms with Gasteiger partial charge in [0.15, 0.2) is 0 Å². The average molecular weight is 445 g/mol. The number of carboxylic acid groups (broad SMARTS) is 1. The summed E-state index contributed by atoms with van der Waals surface area (Å²) in [5.74, 6) is 0.141. The lowest BCUT2D eigenvalue weighted by Gasteiger charge is -2.11. The second-order valence-electron chi connectivity index (χ2n) is 5.82. The first-order valence-corrected chi connectivity index (χ1v) is 8.48. The van der Waals surface area contributed by atoms with Crippen molar-refractivity contribution >= 4 is 42.4 Å². The summed E-state index contributed by atoms with van der Waals surface area (Å²) in [6.07, 6.45) is -0.604. The van der Waals surface area contributed by atoms with Crippen LogP contribution in [0.5, 0.6) is 0 Å². The lowest BCUT2D eigenvalue weighted by atomic mass is 10.1. The first-order chi connectivity index (χ1) is 12.5. The minimum Gasteiger partial charge on any atom is -0.478 e. The van der Waals surface area contributed by atoms with E-state index in [0.29, 0.717) is 35.2 Å². The smallest absolute Gasteiger partial charge is 0.335 e. The van der Waals surface area contributed by atoms with E-state index in [1.807, 2.05) is 30.3 Å². The van der Waals surface area contributed by atoms with Gasteiger partial charge in [-0.25, -0.2) is 4.79 Å². The number of carbonyl (C=O) groups is 1. The number of halogens is 3. The van der Waals surface area contributed by atoms with Crippen LogP contribution in [0.15, 0.2) is 65.1 Å². The van der Waals surface area contributed by atoms with E-state index in [1.54, 1.807) is 12.1 Å². The number of hydrogen-bond donors (Lipinski definition) is 3. The maximum Gasteiger partial charge on any atom is 0.335 e. The average Bonchev–Trinajstić information content (AvgIpc) is 3.11. The Morgan fingerprint density at radius 1 is 1.07 bits per heavy atom. The molecule has 0 spiro atoms. The van der Waals surface area contributed by atoms with E-state index in [2.05, 4.69) is 5.32 Å². The number of aliphatic hydroxyl groups excluding tert-OH is 1. The predicted molar refractivity (Wildman–Crippen MR) is 114 cm³/mol. The third-order valence-corrected chi connectivity index (χ3v) is 4.29. The Hall–Kier alpha value is -2.02. The van der Waals surface area contributed by atoms with Crippen molar-refractivity contribution in [1.82, 2.24) is 5.32 Å². The van der Waals surface area contributed by atoms with E-state index in [9.17, 15) is 9.90 Å². The van der Waals surface area contributed by atoms with Crippen LogP contribution in [0, 0.1) is 0 Å². The van der Waals surface area contributed by atoms with Crippen LogP contribution in [0.2, 0.25) is 5.02 Å². The molecule has 0 radical (unpaired) electrons. The molecule has 3 aromatic rings. The third kappa shape index (κ3) is 5.99. The summed E-state index contributed by atoms with van der Waals surface area (Å²) in [6.45, 7) is 0.815. The van der Waals surface area contributed by atoms with Gasteiger partial charge in [0.25, 0.3) is 0 Å². The fourth-order valence-electron chi connectivity index (χ4n) is 2.59. The van der Waals surface area contributed by atoms with Gasteiger partial charge in [-0.3, -0.25) is 0 Å². The van der Waals surface area contributed by atoms with Crippen molar-refractivity contribution < 1.29 is 19.4 Å². The van der Waals surface area contributed by atoms with Gasteiger partial charge in [-0.2, -0.15) is 0 Å². The lowest BCUT2D eigenvalue weighted by Crippen LogP contribution is -2.20. The normalized spacial score (nSPS) is 11.2. The molecule has 0 aliphatic rings. The molecule has 0 saturated carbocycles. The molecule has 0 fully saturated rings. The second-order valence-corrected chi connectivity index (χ2v) is 6.23. The van der Waals surface area contributed by atoms with Gasteiger partial charge >= 0.3 is 5.97 Å². The molecule has 0 amide bonds. The highest BCUT2D eigenvalue weighted by Gasteiger charge is 2.13. The van der Waals surface area contributed by atoms with Crippen molar-refractivity contribution in [3.05, 3.63) is 82.6 Å². The number of benzene rings is 2. The largest absolute Gasteiger partial charge is 0.478 e. The van der Waals surface area contributed by atoms with E-state index in [0.717, 1.165) is 5.56 Å². The zero-order chi connectivity index (χ0) is 18.5. The summed E-state index contributed by atoms with van der Waals surface area (Å²) < 4.78 is 5.75. The molecule has 1 heterocycles. The highest BCUT2D eigenvalue weighted by atomic mass is 35.5. The standard InChI is InChI=1S/C20H18ClNO4.2ClH/c21-17-8-6-14(20(24)25)10-16(17)19-9-7-15(26-19)11-22-12-18(23)13-4-2-1-3-5-13;;/h1-10,18,22-23H,11-12H2,(H,24,25);2*1H. The maximum atomic E-state index is 11.1. The molecule has 150 valence electrons. The molecule has 1 unspecified atom stereocenters. The second kappa shape index (κ2) is 11.1. The molecule has 1 aromatic heterocycles. The monoisotopic (exact) mass is 443 g/mol. The molecule has 1 atom stereocenters. The first kappa shape index (κ1) is 24.0. The number of nitrogens with one attached hydrogen (secondary N) is 1. The van der Waals surface area contributed by atoms with Gasteiger partial charge in [0.05, 0.1) is 23.2 Å². The van der Waals surface area contributed by atoms with Crippen molar-refractivity contribution in [1.29, 1.82) is 0 Å². The zero-order valence-corrected chi connectivity index (χ0v) is 17.1. The van der Waals surface area contributed by atoms with Crippen LogP contribution < -0.4 is 5.32 Å². The Kier molecular flexibility index (Phi) is 9.52. The summed E-state index contributed by atoms with van der Waals surface area (Å²) in [7, 11) is 0. The van der Waals surface area contributed by atoms with Gasteiger partial charge < -0.3 is 19.9 Å². The third-order valence-electron chi connectivity index (χ3n) is 3.96. The number of aliphatic hydroxyl groups is 1. The van der Waals surface area contributed by atoms with Crippen LogP contribution in [0.4, 0.5) is 0 Å². The Balaban J connectivity index is 0.00000196. The van der Waals surface area contributed by atoms with Crippen LogP contribution >= 0.6 is 36.4 Å². The molecule has 8 heteroatoms. The lowest BCUT2D eigenvalue weighted by molar-refractivity contribution is 0.0697. The predicted octanol–water partition coefficient (Wildman–Crippen LogP) is 4.97. The fraction of sp³-hybridized carbons (Fsp3) is 0.150. The van der Waals surface area contributed by atoms with Crippen LogP contribution in [0.3, 0.4) is 0 Å². The van der Waals surface area contributed by atoms with E-state index in [1.165, 1.54) is 18.2 Å². The Bertz CT molecular complexity index is 899. The molecule has 5 nitrogen and oxygen atoms in total. The molecule has 3 rings (SSSR count). The Labute approximate surface area is 180 Å². The van der Waals surface area contributed by atoms with Gasteiger partial charge in [0.1, 0.15) is 11.5 Å². The van der Waals surface area contributed by atoms with Gasteiger partial charge in [-0.05, 0) is 35.9 Å². The van der Waals surface area contributed by atoms with Crippen LogP contribution in [0.1, 0.15) is 27.8 Å². The summed E-state index contributed by atoms with van der Waals surface area (Å²) in [5.41, 5.74) is 1.52. The summed E-state index contributed by atoms with van der Waals surface area (Å²) in [5, 5.41) is 22.8. The number of rotatable bonds is 7. The van der Waals surface area contributed by atoms with Crippen LogP contribution in [-0.2, 0) is 6.54 Å². The summed E-state index contributed by atoms with van der Waals surface area (Å²) >= 11 is 6.16. The van der Waals surface area contributed by atoms with Crippen molar-refractivity contribution in [2.45, 2.75) is 12.6 Å². The number of hydrogen-bond acceptors (Lipinski definition) is 4. The Morgan fingerprint density at radius 2 is 1.79 bits per heavy atom. The summed E-state index contributed by atoms with van der Waals surface area (Å²) in [4.78, 5) is 11.1. The SMILES string of the molecule is Cl.Cl.O=C(O)c1ccc(Cl)c(-c2ccc(CNCC(O)c3ccccc3)o2)c1. The number of furan rings is 1. The number of aromatic carboxylic acids is 1. The summed E-state index contributed by atoms with van der Waals surface area (Å²) in [6, 6.07) is 17.4. The maximum absolute atomic E-state index is 11.1. The van der Waals surface area contributed by atoms with E-state index in [4.69, 9.17) is 21.1 Å². The molecule has 3 N–H and O–H groups in total. The van der Waals surface area contributed by atoms with Gasteiger partial charge in [0.2, 0.25) is 0 Å². The van der Waals surface area contributed by atoms with Gasteiger partial charge in [-0.15, -0.1) is 24.8 Å². The molecule has 28 heavy (non-hydrogen) atoms. The minimum atomic E-state index is -1.02. The zero-order valence-electron chi connectivity index (χ0n) is 14.7. The molecule has 0 aliphatic heterocycles. The first-order valence-electron chi connectivity index (χ1n) is 8.10. The van der Waals surface area contributed by atoms with E-state index < -0.39 is 12.1 Å². The van der Waals surface area contributed by atoms with E-state index >= 15 is 0 Å². The molecular formula is C20H20Cl3NO4. The van der Waals surface area contributed by atoms with Crippen molar-refractivity contribution in [3.63, 3.8) is 0 Å². The molecule has 0 saturated heterocycles. The number of carboxylic acids is 1. The highest BCUT2D eigenvalue weighted by Crippen LogP contribution is 2.30. The fourth-order valence-corrected chi connectivity index (χ4v) is 2.80. The minimum absolute atomic E-state index is 0. The van der Waals surface area contributed by atoms with Crippen LogP contribution in [-0.4, -0.2) is 22.7 Å². The topological polar surface area (TPSA) is 82.7 Å². The van der Waals surface area contributed by atoms with Crippen molar-refractivity contribution in [2.24, 2.45) is 0 Å². The quantitative estimate of drug-likeness (QED) is 0.479.